The molecule has 0 heterocycles. The molecule has 0 aliphatic heterocycles. The molecule has 0 bridgehead atoms. The minimum absolute atomic E-state index is 0.102. The molecule has 7 heteroatoms. The molecule has 1 atom stereocenters. The fraction of sp³-hybridized carbons (Fsp3) is 0.0488. The van der Waals surface area contributed by atoms with E-state index in [9.17, 15) is 14.4 Å². The van der Waals surface area contributed by atoms with Gasteiger partial charge in [-0.25, -0.2) is 0 Å². The summed E-state index contributed by atoms with van der Waals surface area (Å²) in [6.45, 7) is 1.86. The fourth-order valence-corrected chi connectivity index (χ4v) is 6.02. The Kier molecular flexibility index (Phi) is 10.1. The maximum absolute atomic E-state index is 13.5. The Hall–Kier alpha value is -5.92. The molecule has 6 aromatic rings. The summed E-state index contributed by atoms with van der Waals surface area (Å²) in [5, 5.41) is 10.4. The van der Waals surface area contributed by atoms with E-state index in [0.29, 0.717) is 11.3 Å². The first kappa shape index (κ1) is 32.0. The monoisotopic (exact) mass is 647 g/mol. The molecule has 0 saturated heterocycles. The SMILES string of the molecule is CC(Sc1ccc(NC(=O)/C(=C/c2ccc(-c3ccccc3)cc2)NC(=O)c2ccccc2)cc1)C(=O)Nc1cccc2ccccc12. The molecule has 0 saturated carbocycles. The number of thioether (sulfide) groups is 1. The van der Waals surface area contributed by atoms with E-state index in [1.165, 1.54) is 11.8 Å². The Balaban J connectivity index is 1.14. The van der Waals surface area contributed by atoms with Gasteiger partial charge in [-0.15, -0.1) is 11.8 Å². The molecule has 6 rings (SSSR count). The van der Waals surface area contributed by atoms with E-state index >= 15 is 0 Å². The molecule has 0 radical (unpaired) electrons. The van der Waals surface area contributed by atoms with Gasteiger partial charge in [0.05, 0.1) is 5.25 Å². The fourth-order valence-electron chi connectivity index (χ4n) is 5.15. The van der Waals surface area contributed by atoms with Gasteiger partial charge >= 0.3 is 0 Å². The first-order chi connectivity index (χ1) is 23.4. The van der Waals surface area contributed by atoms with Crippen molar-refractivity contribution in [2.24, 2.45) is 0 Å². The van der Waals surface area contributed by atoms with Gasteiger partial charge in [0, 0.05) is 27.2 Å². The van der Waals surface area contributed by atoms with Gasteiger partial charge in [0.15, 0.2) is 0 Å². The summed E-state index contributed by atoms with van der Waals surface area (Å²) in [5.74, 6) is -0.954. The molecule has 6 aromatic carbocycles. The van der Waals surface area contributed by atoms with Gasteiger partial charge in [0.25, 0.3) is 11.8 Å². The number of fused-ring (bicyclic) bond motifs is 1. The number of hydrogen-bond acceptors (Lipinski definition) is 4. The van der Waals surface area contributed by atoms with Gasteiger partial charge in [0.1, 0.15) is 5.70 Å². The summed E-state index contributed by atoms with van der Waals surface area (Å²) < 4.78 is 0. The molecule has 0 aliphatic rings. The predicted octanol–water partition coefficient (Wildman–Crippen LogP) is 9.04. The highest BCUT2D eigenvalue weighted by molar-refractivity contribution is 8.00. The zero-order valence-electron chi connectivity index (χ0n) is 26.2. The van der Waals surface area contributed by atoms with E-state index in [1.807, 2.05) is 122 Å². The van der Waals surface area contributed by atoms with Crippen molar-refractivity contribution >= 4 is 57.7 Å². The number of amides is 3. The van der Waals surface area contributed by atoms with Crippen LogP contribution in [0, 0.1) is 0 Å². The van der Waals surface area contributed by atoms with Gasteiger partial charge < -0.3 is 16.0 Å². The number of benzene rings is 6. The van der Waals surface area contributed by atoms with E-state index < -0.39 is 5.91 Å². The van der Waals surface area contributed by atoms with Crippen LogP contribution in [0.25, 0.3) is 28.0 Å². The lowest BCUT2D eigenvalue weighted by molar-refractivity contribution is -0.115. The number of nitrogens with one attached hydrogen (secondary N) is 3. The van der Waals surface area contributed by atoms with Crippen molar-refractivity contribution in [3.8, 4) is 11.1 Å². The average Bonchev–Trinajstić information content (AvgIpc) is 3.13. The van der Waals surface area contributed by atoms with Crippen molar-refractivity contribution in [3.05, 3.63) is 168 Å². The highest BCUT2D eigenvalue weighted by Crippen LogP contribution is 2.28. The molecular weight excluding hydrogens is 615 g/mol. The topological polar surface area (TPSA) is 87.3 Å². The standard InChI is InChI=1S/C41H33N3O3S/c1-28(39(45)43-37-18-10-16-32-13-8-9-17-36(32)37)48-35-25-23-34(24-26-35)42-41(47)38(44-40(46)33-14-6-3-7-15-33)27-29-19-21-31(22-20-29)30-11-4-2-5-12-30/h2-28H,1H3,(H,42,47)(H,43,45)(H,44,46)/b38-27-. The van der Waals surface area contributed by atoms with Crippen LogP contribution in [0.1, 0.15) is 22.8 Å². The molecule has 0 fully saturated rings. The first-order valence-corrected chi connectivity index (χ1v) is 16.4. The van der Waals surface area contributed by atoms with Crippen LogP contribution in [0.15, 0.2) is 162 Å². The number of carbonyl (C=O) groups is 3. The third-order valence-electron chi connectivity index (χ3n) is 7.70. The molecule has 48 heavy (non-hydrogen) atoms. The molecular formula is C41H33N3O3S. The Bertz CT molecular complexity index is 2070. The van der Waals surface area contributed by atoms with E-state index in [4.69, 9.17) is 0 Å². The lowest BCUT2D eigenvalue weighted by Gasteiger charge is -2.14. The Labute approximate surface area is 283 Å². The largest absolute Gasteiger partial charge is 0.325 e. The van der Waals surface area contributed by atoms with Gasteiger partial charge in [-0.3, -0.25) is 14.4 Å². The van der Waals surface area contributed by atoms with Crippen LogP contribution in [0.2, 0.25) is 0 Å². The Morgan fingerprint density at radius 3 is 1.98 bits per heavy atom. The highest BCUT2D eigenvalue weighted by Gasteiger charge is 2.17. The summed E-state index contributed by atoms with van der Waals surface area (Å²) in [6, 6.07) is 47.6. The minimum atomic E-state index is -0.463. The van der Waals surface area contributed by atoms with E-state index in [2.05, 4.69) is 16.0 Å². The molecule has 1 unspecified atom stereocenters. The van der Waals surface area contributed by atoms with Crippen LogP contribution >= 0.6 is 11.8 Å². The quantitative estimate of drug-likeness (QED) is 0.102. The van der Waals surface area contributed by atoms with Gasteiger partial charge in [0.2, 0.25) is 5.91 Å². The molecule has 0 spiro atoms. The van der Waals surface area contributed by atoms with Crippen LogP contribution in [0.5, 0.6) is 0 Å². The lowest BCUT2D eigenvalue weighted by Crippen LogP contribution is -2.30. The lowest BCUT2D eigenvalue weighted by atomic mass is 10.0. The zero-order valence-corrected chi connectivity index (χ0v) is 27.0. The normalized spacial score (nSPS) is 11.8. The number of carbonyl (C=O) groups excluding carboxylic acids is 3. The predicted molar refractivity (Wildman–Crippen MR) is 197 cm³/mol. The maximum atomic E-state index is 13.5. The second-order valence-electron chi connectivity index (χ2n) is 11.1. The Morgan fingerprint density at radius 2 is 1.25 bits per heavy atom. The highest BCUT2D eigenvalue weighted by atomic mass is 32.2. The van der Waals surface area contributed by atoms with Crippen LogP contribution in [0.3, 0.4) is 0 Å². The van der Waals surface area contributed by atoms with Gasteiger partial charge in [-0.2, -0.15) is 0 Å². The van der Waals surface area contributed by atoms with Crippen LogP contribution in [0.4, 0.5) is 11.4 Å². The van der Waals surface area contributed by atoms with Crippen molar-refractivity contribution in [2.45, 2.75) is 17.1 Å². The van der Waals surface area contributed by atoms with Crippen LogP contribution in [-0.2, 0) is 9.59 Å². The second kappa shape index (κ2) is 15.1. The van der Waals surface area contributed by atoms with Crippen molar-refractivity contribution in [2.75, 3.05) is 10.6 Å². The van der Waals surface area contributed by atoms with E-state index in [0.717, 1.165) is 38.0 Å². The van der Waals surface area contributed by atoms with Crippen molar-refractivity contribution in [1.29, 1.82) is 0 Å². The number of rotatable bonds is 10. The third-order valence-corrected chi connectivity index (χ3v) is 8.81. The second-order valence-corrected chi connectivity index (χ2v) is 12.5. The average molecular weight is 648 g/mol. The van der Waals surface area contributed by atoms with Crippen molar-refractivity contribution in [1.82, 2.24) is 5.32 Å². The summed E-state index contributed by atoms with van der Waals surface area (Å²) in [7, 11) is 0. The summed E-state index contributed by atoms with van der Waals surface area (Å²) in [4.78, 5) is 40.5. The molecule has 3 amide bonds. The first-order valence-electron chi connectivity index (χ1n) is 15.5. The van der Waals surface area contributed by atoms with Gasteiger partial charge in [-0.05, 0) is 77.5 Å². The van der Waals surface area contributed by atoms with Crippen LogP contribution in [-0.4, -0.2) is 23.0 Å². The maximum Gasteiger partial charge on any atom is 0.272 e. The third kappa shape index (κ3) is 8.07. The molecule has 6 nitrogen and oxygen atoms in total. The van der Waals surface area contributed by atoms with Crippen molar-refractivity contribution < 1.29 is 14.4 Å². The smallest absolute Gasteiger partial charge is 0.272 e. The van der Waals surface area contributed by atoms with E-state index in [-0.39, 0.29) is 22.8 Å². The number of anilines is 2. The van der Waals surface area contributed by atoms with Gasteiger partial charge in [-0.1, -0.05) is 109 Å². The molecule has 0 aliphatic carbocycles. The van der Waals surface area contributed by atoms with Crippen LogP contribution < -0.4 is 16.0 Å². The van der Waals surface area contributed by atoms with Crippen molar-refractivity contribution in [3.63, 3.8) is 0 Å². The summed E-state index contributed by atoms with van der Waals surface area (Å²) in [6.07, 6.45) is 1.66. The minimum Gasteiger partial charge on any atom is -0.325 e. The number of hydrogen-bond donors (Lipinski definition) is 3. The molecule has 0 aromatic heterocycles. The molecule has 3 N–H and O–H groups in total. The molecule has 236 valence electrons. The summed E-state index contributed by atoms with van der Waals surface area (Å²) in [5.41, 5.74) is 4.77. The summed E-state index contributed by atoms with van der Waals surface area (Å²) >= 11 is 1.42. The Morgan fingerprint density at radius 1 is 0.625 bits per heavy atom. The zero-order chi connectivity index (χ0) is 33.3. The van der Waals surface area contributed by atoms with E-state index in [1.54, 1.807) is 42.5 Å².